The van der Waals surface area contributed by atoms with Gasteiger partial charge in [0.25, 0.3) is 0 Å². The number of esters is 2. The first-order chi connectivity index (χ1) is 10.7. The Labute approximate surface area is 134 Å². The molecule has 0 radical (unpaired) electrons. The Hall–Kier alpha value is -1.44. The molecule has 0 aromatic carbocycles. The van der Waals surface area contributed by atoms with Crippen molar-refractivity contribution in [1.82, 2.24) is 4.90 Å². The van der Waals surface area contributed by atoms with Gasteiger partial charge >= 0.3 is 11.9 Å². The van der Waals surface area contributed by atoms with Gasteiger partial charge in [-0.05, 0) is 32.8 Å². The molecule has 0 saturated carbocycles. The van der Waals surface area contributed by atoms with Crippen molar-refractivity contribution in [3.63, 3.8) is 0 Å². The number of cyclic esters (lactones) is 1. The number of hydrogen-bond acceptors (Lipinski definition) is 7. The van der Waals surface area contributed by atoms with E-state index in [0.717, 1.165) is 25.6 Å². The van der Waals surface area contributed by atoms with Gasteiger partial charge in [0.05, 0.1) is 12.0 Å². The van der Waals surface area contributed by atoms with Crippen molar-refractivity contribution in [2.24, 2.45) is 5.92 Å². The fourth-order valence-corrected chi connectivity index (χ4v) is 3.52. The molecule has 5 atom stereocenters. The average molecular weight is 325 g/mol. The van der Waals surface area contributed by atoms with Crippen LogP contribution in [0.3, 0.4) is 0 Å². The van der Waals surface area contributed by atoms with Crippen LogP contribution in [0.1, 0.15) is 27.2 Å². The first kappa shape index (κ1) is 16.4. The lowest BCUT2D eigenvalue weighted by Gasteiger charge is -2.39. The normalized spacial score (nSPS) is 44.9. The number of carbonyl (C=O) groups excluding carboxylic acids is 2. The molecule has 0 aromatic heterocycles. The molecule has 0 bridgehead atoms. The molecule has 7 nitrogen and oxygen atoms in total. The smallest absolute Gasteiger partial charge is 0.341 e. The third-order valence-corrected chi connectivity index (χ3v) is 5.63. The molecule has 2 N–H and O–H groups in total. The summed E-state index contributed by atoms with van der Waals surface area (Å²) < 4.78 is 10.8. The van der Waals surface area contributed by atoms with Crippen molar-refractivity contribution in [1.29, 1.82) is 0 Å². The summed E-state index contributed by atoms with van der Waals surface area (Å²) in [6.45, 7) is 5.41. The second kappa shape index (κ2) is 5.29. The zero-order valence-electron chi connectivity index (χ0n) is 13.6. The minimum absolute atomic E-state index is 0.0225. The zero-order chi connectivity index (χ0) is 17.0. The van der Waals surface area contributed by atoms with E-state index in [1.54, 1.807) is 0 Å². The van der Waals surface area contributed by atoms with Crippen LogP contribution in [0, 0.1) is 5.92 Å². The van der Waals surface area contributed by atoms with Crippen LogP contribution in [-0.2, 0) is 19.1 Å². The standard InChI is InChI=1S/C16H23NO6/c1-9-13(18)23-11-5-7-17-6-4-10(12(11)17)8-22-14(19)16(3,21)15(9,2)20/h4,9,11-12,20-21H,5-8H2,1-3H3/t9-,11+,12-,15-,16+/m0/s1. The highest BCUT2D eigenvalue weighted by Crippen LogP contribution is 2.36. The fraction of sp³-hybridized carbons (Fsp3) is 0.750. The molecule has 2 saturated heterocycles. The summed E-state index contributed by atoms with van der Waals surface area (Å²) in [6, 6.07) is -0.0908. The molecule has 3 aliphatic heterocycles. The summed E-state index contributed by atoms with van der Waals surface area (Å²) in [5.41, 5.74) is -3.35. The number of ether oxygens (including phenoxy) is 2. The number of nitrogens with zero attached hydrogens (tertiary/aromatic N) is 1. The van der Waals surface area contributed by atoms with E-state index < -0.39 is 29.1 Å². The monoisotopic (exact) mass is 325 g/mol. The van der Waals surface area contributed by atoms with Crippen LogP contribution in [0.15, 0.2) is 11.6 Å². The lowest BCUT2D eigenvalue weighted by atomic mass is 9.76. The second-order valence-corrected chi connectivity index (χ2v) is 7.00. The number of rotatable bonds is 0. The lowest BCUT2D eigenvalue weighted by molar-refractivity contribution is -0.205. The third kappa shape index (κ3) is 2.38. The summed E-state index contributed by atoms with van der Waals surface area (Å²) in [5.74, 6) is -2.65. The second-order valence-electron chi connectivity index (χ2n) is 7.00. The maximum atomic E-state index is 12.4. The van der Waals surface area contributed by atoms with Gasteiger partial charge in [-0.3, -0.25) is 9.69 Å². The van der Waals surface area contributed by atoms with Gasteiger partial charge in [0.2, 0.25) is 0 Å². The summed E-state index contributed by atoms with van der Waals surface area (Å²) in [4.78, 5) is 26.9. The molecular formula is C16H23NO6. The summed E-state index contributed by atoms with van der Waals surface area (Å²) in [6.07, 6.45) is 2.34. The Morgan fingerprint density at radius 1 is 1.30 bits per heavy atom. The Morgan fingerprint density at radius 2 is 2.00 bits per heavy atom. The maximum Gasteiger partial charge on any atom is 0.341 e. The molecule has 0 aromatic rings. The quantitative estimate of drug-likeness (QED) is 0.462. The van der Waals surface area contributed by atoms with Gasteiger partial charge in [0.15, 0.2) is 5.60 Å². The molecule has 0 unspecified atom stereocenters. The summed E-state index contributed by atoms with van der Waals surface area (Å²) in [7, 11) is 0. The molecule has 3 aliphatic rings. The van der Waals surface area contributed by atoms with Crippen LogP contribution >= 0.6 is 0 Å². The number of carbonyl (C=O) groups is 2. The van der Waals surface area contributed by atoms with E-state index in [0.29, 0.717) is 6.42 Å². The van der Waals surface area contributed by atoms with Gasteiger partial charge < -0.3 is 19.7 Å². The minimum Gasteiger partial charge on any atom is -0.460 e. The number of aliphatic hydroxyl groups is 2. The highest BCUT2D eigenvalue weighted by atomic mass is 16.6. The van der Waals surface area contributed by atoms with Gasteiger partial charge in [-0.2, -0.15) is 0 Å². The molecule has 7 heteroatoms. The molecular weight excluding hydrogens is 302 g/mol. The largest absolute Gasteiger partial charge is 0.460 e. The fourth-order valence-electron chi connectivity index (χ4n) is 3.52. The van der Waals surface area contributed by atoms with E-state index in [2.05, 4.69) is 4.90 Å². The SMILES string of the molecule is C[C@H]1C(=O)O[C@@H]2CCN3CC=C(COC(=O)[C@@](C)(O)[C@@]1(C)O)[C@@H]23. The molecule has 128 valence electrons. The Bertz CT molecular complexity index is 567. The van der Waals surface area contributed by atoms with E-state index in [4.69, 9.17) is 9.47 Å². The van der Waals surface area contributed by atoms with E-state index in [-0.39, 0.29) is 18.8 Å². The molecule has 0 spiro atoms. The van der Waals surface area contributed by atoms with Crippen LogP contribution in [0.25, 0.3) is 0 Å². The van der Waals surface area contributed by atoms with Gasteiger partial charge in [0.1, 0.15) is 18.3 Å². The molecule has 3 rings (SSSR count). The first-order valence-electron chi connectivity index (χ1n) is 7.91. The third-order valence-electron chi connectivity index (χ3n) is 5.63. The van der Waals surface area contributed by atoms with E-state index in [9.17, 15) is 19.8 Å². The van der Waals surface area contributed by atoms with Crippen LogP contribution < -0.4 is 0 Å². The van der Waals surface area contributed by atoms with E-state index in [1.807, 2.05) is 6.08 Å². The Kier molecular flexibility index (Phi) is 3.78. The molecule has 3 heterocycles. The molecule has 23 heavy (non-hydrogen) atoms. The van der Waals surface area contributed by atoms with Crippen molar-refractivity contribution < 1.29 is 29.3 Å². The zero-order valence-corrected chi connectivity index (χ0v) is 13.6. The summed E-state index contributed by atoms with van der Waals surface area (Å²) >= 11 is 0. The average Bonchev–Trinajstić information content (AvgIpc) is 3.06. The predicted molar refractivity (Wildman–Crippen MR) is 79.3 cm³/mol. The Morgan fingerprint density at radius 3 is 2.70 bits per heavy atom. The van der Waals surface area contributed by atoms with Crippen LogP contribution in [0.2, 0.25) is 0 Å². The van der Waals surface area contributed by atoms with Crippen molar-refractivity contribution in [2.75, 3.05) is 19.7 Å². The van der Waals surface area contributed by atoms with Crippen LogP contribution in [-0.4, -0.2) is 70.1 Å². The minimum atomic E-state index is -2.22. The maximum absolute atomic E-state index is 12.4. The van der Waals surface area contributed by atoms with Crippen molar-refractivity contribution >= 4 is 11.9 Å². The molecule has 2 fully saturated rings. The van der Waals surface area contributed by atoms with E-state index in [1.165, 1.54) is 13.8 Å². The van der Waals surface area contributed by atoms with Gasteiger partial charge in [-0.1, -0.05) is 6.08 Å². The van der Waals surface area contributed by atoms with E-state index >= 15 is 0 Å². The van der Waals surface area contributed by atoms with Gasteiger partial charge in [-0.15, -0.1) is 0 Å². The molecule has 0 aliphatic carbocycles. The van der Waals surface area contributed by atoms with Gasteiger partial charge in [-0.25, -0.2) is 4.79 Å². The summed E-state index contributed by atoms with van der Waals surface area (Å²) in [5, 5.41) is 21.1. The lowest BCUT2D eigenvalue weighted by Crippen LogP contribution is -2.61. The number of hydrogen-bond donors (Lipinski definition) is 2. The topological polar surface area (TPSA) is 96.3 Å². The highest BCUT2D eigenvalue weighted by molar-refractivity contribution is 5.83. The van der Waals surface area contributed by atoms with Crippen molar-refractivity contribution in [2.45, 2.75) is 50.5 Å². The molecule has 0 amide bonds. The first-order valence-corrected chi connectivity index (χ1v) is 7.91. The van der Waals surface area contributed by atoms with Crippen molar-refractivity contribution in [3.8, 4) is 0 Å². The van der Waals surface area contributed by atoms with Crippen LogP contribution in [0.5, 0.6) is 0 Å². The van der Waals surface area contributed by atoms with Crippen molar-refractivity contribution in [3.05, 3.63) is 11.6 Å². The van der Waals surface area contributed by atoms with Crippen LogP contribution in [0.4, 0.5) is 0 Å². The Balaban J connectivity index is 1.97. The highest BCUT2D eigenvalue weighted by Gasteiger charge is 2.56. The van der Waals surface area contributed by atoms with Gasteiger partial charge in [0, 0.05) is 13.1 Å². The predicted octanol–water partition coefficient (Wildman–Crippen LogP) is -0.393.